The van der Waals surface area contributed by atoms with Crippen LogP contribution in [0.4, 0.5) is 11.4 Å². The molecule has 5 N–H and O–H groups in total. The van der Waals surface area contributed by atoms with Crippen molar-refractivity contribution in [3.63, 3.8) is 0 Å². The van der Waals surface area contributed by atoms with Gasteiger partial charge in [0.2, 0.25) is 5.91 Å². The molecule has 1 aliphatic rings. The van der Waals surface area contributed by atoms with Crippen LogP contribution in [0.5, 0.6) is 0 Å². The summed E-state index contributed by atoms with van der Waals surface area (Å²) in [5.74, 6) is -0.0272. The molecule has 6 nitrogen and oxygen atoms in total. The van der Waals surface area contributed by atoms with Crippen molar-refractivity contribution in [2.24, 2.45) is 5.73 Å². The summed E-state index contributed by atoms with van der Waals surface area (Å²) in [5, 5.41) is 12.6. The fourth-order valence-corrected chi connectivity index (χ4v) is 2.41. The van der Waals surface area contributed by atoms with Gasteiger partial charge in [-0.15, -0.1) is 0 Å². The Balaban J connectivity index is 2.12. The first-order valence-electron chi connectivity index (χ1n) is 6.31. The van der Waals surface area contributed by atoms with E-state index in [1.807, 2.05) is 24.3 Å². The number of amides is 1. The van der Waals surface area contributed by atoms with Crippen LogP contribution >= 0.6 is 0 Å². The Morgan fingerprint density at radius 2 is 2.11 bits per heavy atom. The van der Waals surface area contributed by atoms with E-state index < -0.39 is 0 Å². The molecule has 0 radical (unpaired) electrons. The standard InChI is InChI=1S/C13H19N5O/c1-16-12(19)11-3-2-8-18(11)10-6-4-9(5-7-10)17-13(14)15/h4-7,11H,2-3,8H2,1H3,(H,16,19)(H4,14,15,17)/t11-/m1/s1. The topological polar surface area (TPSA) is 94.2 Å². The van der Waals surface area contributed by atoms with Crippen molar-refractivity contribution in [2.75, 3.05) is 23.8 Å². The quantitative estimate of drug-likeness (QED) is 0.476. The maximum atomic E-state index is 11.8. The number of nitrogens with zero attached hydrogens (tertiary/aromatic N) is 1. The van der Waals surface area contributed by atoms with Crippen LogP contribution in [0.3, 0.4) is 0 Å². The van der Waals surface area contributed by atoms with Crippen molar-refractivity contribution in [1.29, 1.82) is 5.41 Å². The van der Waals surface area contributed by atoms with Gasteiger partial charge in [0.25, 0.3) is 0 Å². The van der Waals surface area contributed by atoms with Crippen LogP contribution in [0.2, 0.25) is 0 Å². The van der Waals surface area contributed by atoms with E-state index in [1.165, 1.54) is 0 Å². The lowest BCUT2D eigenvalue weighted by Crippen LogP contribution is -2.41. The number of nitrogens with two attached hydrogens (primary N) is 1. The second kappa shape index (κ2) is 5.60. The molecule has 0 unspecified atom stereocenters. The maximum absolute atomic E-state index is 11.8. The molecule has 0 saturated carbocycles. The third-order valence-electron chi connectivity index (χ3n) is 3.28. The normalized spacial score (nSPS) is 18.2. The molecule has 1 aromatic carbocycles. The molecule has 19 heavy (non-hydrogen) atoms. The number of hydrogen-bond acceptors (Lipinski definition) is 3. The number of carbonyl (C=O) groups excluding carboxylic acids is 1. The van der Waals surface area contributed by atoms with Gasteiger partial charge >= 0.3 is 0 Å². The largest absolute Gasteiger partial charge is 0.370 e. The first-order valence-corrected chi connectivity index (χ1v) is 6.31. The van der Waals surface area contributed by atoms with Gasteiger partial charge in [-0.05, 0) is 37.1 Å². The minimum absolute atomic E-state index is 0.0587. The molecule has 1 atom stereocenters. The maximum Gasteiger partial charge on any atom is 0.242 e. The molecule has 1 aromatic rings. The fraction of sp³-hybridized carbons (Fsp3) is 0.385. The zero-order valence-corrected chi connectivity index (χ0v) is 10.9. The van der Waals surface area contributed by atoms with Gasteiger partial charge in [-0.25, -0.2) is 0 Å². The predicted molar refractivity (Wildman–Crippen MR) is 76.4 cm³/mol. The monoisotopic (exact) mass is 261 g/mol. The van der Waals surface area contributed by atoms with Crippen molar-refractivity contribution in [2.45, 2.75) is 18.9 Å². The van der Waals surface area contributed by atoms with Crippen LogP contribution in [0.1, 0.15) is 12.8 Å². The number of likely N-dealkylation sites (N-methyl/N-ethyl adjacent to an activating group) is 1. The van der Waals surface area contributed by atoms with E-state index in [9.17, 15) is 4.79 Å². The molecule has 1 fully saturated rings. The van der Waals surface area contributed by atoms with E-state index >= 15 is 0 Å². The number of hydrogen-bond donors (Lipinski definition) is 4. The Labute approximate surface area is 112 Å². The molecule has 0 aromatic heterocycles. The molecule has 6 heteroatoms. The average molecular weight is 261 g/mol. The summed E-state index contributed by atoms with van der Waals surface area (Å²) in [4.78, 5) is 13.9. The van der Waals surface area contributed by atoms with E-state index in [2.05, 4.69) is 15.5 Å². The number of anilines is 2. The van der Waals surface area contributed by atoms with Crippen LogP contribution in [0, 0.1) is 5.41 Å². The summed E-state index contributed by atoms with van der Waals surface area (Å²) < 4.78 is 0. The fourth-order valence-electron chi connectivity index (χ4n) is 2.41. The van der Waals surface area contributed by atoms with E-state index in [1.54, 1.807) is 7.05 Å². The molecule has 1 aliphatic heterocycles. The predicted octanol–water partition coefficient (Wildman–Crippen LogP) is 0.707. The Kier molecular flexibility index (Phi) is 3.89. The molecule has 1 amide bonds. The molecule has 0 aliphatic carbocycles. The zero-order valence-electron chi connectivity index (χ0n) is 10.9. The van der Waals surface area contributed by atoms with Gasteiger partial charge in [0, 0.05) is 25.0 Å². The highest BCUT2D eigenvalue weighted by Gasteiger charge is 2.29. The van der Waals surface area contributed by atoms with Crippen molar-refractivity contribution >= 4 is 23.2 Å². The Hall–Kier alpha value is -2.24. The summed E-state index contributed by atoms with van der Waals surface area (Å²) in [6, 6.07) is 7.50. The van der Waals surface area contributed by atoms with Crippen LogP contribution in [0.25, 0.3) is 0 Å². The molecule has 2 rings (SSSR count). The molecule has 1 heterocycles. The van der Waals surface area contributed by atoms with Gasteiger partial charge in [0.15, 0.2) is 5.96 Å². The smallest absolute Gasteiger partial charge is 0.242 e. The molecule has 0 bridgehead atoms. The Bertz CT molecular complexity index is 470. The highest BCUT2D eigenvalue weighted by molar-refractivity contribution is 5.90. The van der Waals surface area contributed by atoms with Gasteiger partial charge in [0.05, 0.1) is 0 Å². The minimum Gasteiger partial charge on any atom is -0.370 e. The highest BCUT2D eigenvalue weighted by Crippen LogP contribution is 2.26. The Morgan fingerprint density at radius 3 is 2.68 bits per heavy atom. The van der Waals surface area contributed by atoms with Crippen molar-refractivity contribution in [1.82, 2.24) is 5.32 Å². The molecular formula is C13H19N5O. The average Bonchev–Trinajstić information content (AvgIpc) is 2.87. The summed E-state index contributed by atoms with van der Waals surface area (Å²) >= 11 is 0. The lowest BCUT2D eigenvalue weighted by atomic mass is 10.2. The van der Waals surface area contributed by atoms with Gasteiger partial charge in [0.1, 0.15) is 6.04 Å². The van der Waals surface area contributed by atoms with Crippen molar-refractivity contribution in [3.8, 4) is 0 Å². The van der Waals surface area contributed by atoms with Crippen LogP contribution in [0.15, 0.2) is 24.3 Å². The lowest BCUT2D eigenvalue weighted by molar-refractivity contribution is -0.121. The second-order valence-corrected chi connectivity index (χ2v) is 4.55. The minimum atomic E-state index is -0.0865. The number of carbonyl (C=O) groups is 1. The molecule has 1 saturated heterocycles. The van der Waals surface area contributed by atoms with E-state index in [0.717, 1.165) is 30.8 Å². The van der Waals surface area contributed by atoms with E-state index in [4.69, 9.17) is 11.1 Å². The van der Waals surface area contributed by atoms with Gasteiger partial charge in [-0.2, -0.15) is 0 Å². The van der Waals surface area contributed by atoms with Crippen LogP contribution in [-0.4, -0.2) is 31.5 Å². The third kappa shape index (κ3) is 2.96. The van der Waals surface area contributed by atoms with E-state index in [-0.39, 0.29) is 17.9 Å². The SMILES string of the molecule is CNC(=O)[C@H]1CCCN1c1ccc(NC(=N)N)cc1. The van der Waals surface area contributed by atoms with Gasteiger partial charge in [-0.3, -0.25) is 10.2 Å². The highest BCUT2D eigenvalue weighted by atomic mass is 16.2. The summed E-state index contributed by atoms with van der Waals surface area (Å²) in [6.45, 7) is 0.886. The van der Waals surface area contributed by atoms with Crippen molar-refractivity contribution in [3.05, 3.63) is 24.3 Å². The van der Waals surface area contributed by atoms with Crippen molar-refractivity contribution < 1.29 is 4.79 Å². The molecule has 0 spiro atoms. The third-order valence-corrected chi connectivity index (χ3v) is 3.28. The van der Waals surface area contributed by atoms with Gasteiger partial charge < -0.3 is 21.3 Å². The number of nitrogens with one attached hydrogen (secondary N) is 3. The van der Waals surface area contributed by atoms with Crippen LogP contribution < -0.4 is 21.3 Å². The summed E-state index contributed by atoms with van der Waals surface area (Å²) in [5.41, 5.74) is 7.06. The number of rotatable bonds is 3. The summed E-state index contributed by atoms with van der Waals surface area (Å²) in [7, 11) is 1.67. The number of benzene rings is 1. The van der Waals surface area contributed by atoms with Gasteiger partial charge in [-0.1, -0.05) is 0 Å². The Morgan fingerprint density at radius 1 is 1.42 bits per heavy atom. The molecule has 102 valence electrons. The van der Waals surface area contributed by atoms with E-state index in [0.29, 0.717) is 0 Å². The number of guanidine groups is 1. The zero-order chi connectivity index (χ0) is 13.8. The van der Waals surface area contributed by atoms with Crippen LogP contribution in [-0.2, 0) is 4.79 Å². The first-order chi connectivity index (χ1) is 9.11. The molecular weight excluding hydrogens is 242 g/mol. The first kappa shape index (κ1) is 13.2. The second-order valence-electron chi connectivity index (χ2n) is 4.55. The lowest BCUT2D eigenvalue weighted by Gasteiger charge is -2.25. The summed E-state index contributed by atoms with van der Waals surface area (Å²) in [6.07, 6.45) is 1.90.